The topological polar surface area (TPSA) is 29.1 Å². The fourth-order valence-electron chi connectivity index (χ4n) is 1.11. The van der Waals surface area contributed by atoms with Crippen LogP contribution in [0.25, 0.3) is 0 Å². The molecule has 0 aromatic heterocycles. The molecular weight excluding hydrogens is 265 g/mol. The Kier molecular flexibility index (Phi) is 4.42. The van der Waals surface area contributed by atoms with Gasteiger partial charge in [-0.15, -0.1) is 0 Å². The molecular formula is C10H11BrClNO. The fraction of sp³-hybridized carbons (Fsp3) is 0.300. The van der Waals surface area contributed by atoms with Crippen molar-refractivity contribution in [2.45, 2.75) is 13.3 Å². The Bertz CT molecular complexity index is 341. The molecule has 4 heteroatoms. The third kappa shape index (κ3) is 3.31. The minimum absolute atomic E-state index is 0.00694. The minimum atomic E-state index is -0.00694. The molecule has 0 aliphatic rings. The lowest BCUT2D eigenvalue weighted by atomic mass is 10.1. The molecule has 0 spiro atoms. The third-order valence-electron chi connectivity index (χ3n) is 1.73. The first-order chi connectivity index (χ1) is 6.63. The van der Waals surface area contributed by atoms with Gasteiger partial charge in [0, 0.05) is 16.0 Å². The summed E-state index contributed by atoms with van der Waals surface area (Å²) in [5, 5.41) is 3.35. The lowest BCUT2D eigenvalue weighted by molar-refractivity contribution is -0.120. The van der Waals surface area contributed by atoms with Crippen LogP contribution in [0.4, 0.5) is 0 Å². The van der Waals surface area contributed by atoms with Crippen LogP contribution in [-0.4, -0.2) is 12.5 Å². The van der Waals surface area contributed by atoms with E-state index in [9.17, 15) is 4.79 Å². The summed E-state index contributed by atoms with van der Waals surface area (Å²) < 4.78 is 0.932. The molecule has 0 saturated carbocycles. The molecule has 0 aliphatic carbocycles. The Hall–Kier alpha value is -0.540. The van der Waals surface area contributed by atoms with Crippen LogP contribution in [0.5, 0.6) is 0 Å². The van der Waals surface area contributed by atoms with Crippen molar-refractivity contribution in [2.24, 2.45) is 0 Å². The SMILES string of the molecule is CCNC(=O)Cc1cc(Br)ccc1Cl. The summed E-state index contributed by atoms with van der Waals surface area (Å²) in [4.78, 5) is 11.3. The molecule has 76 valence electrons. The maximum Gasteiger partial charge on any atom is 0.224 e. The molecule has 0 saturated heterocycles. The molecule has 0 radical (unpaired) electrons. The molecule has 0 atom stereocenters. The van der Waals surface area contributed by atoms with Crippen molar-refractivity contribution >= 4 is 33.4 Å². The molecule has 0 unspecified atom stereocenters. The van der Waals surface area contributed by atoms with Crippen molar-refractivity contribution in [3.63, 3.8) is 0 Å². The standard InChI is InChI=1S/C10H11BrClNO/c1-2-13-10(14)6-7-5-8(11)3-4-9(7)12/h3-5H,2,6H2,1H3,(H,13,14). The summed E-state index contributed by atoms with van der Waals surface area (Å²) in [7, 11) is 0. The highest BCUT2D eigenvalue weighted by Crippen LogP contribution is 2.21. The first kappa shape index (κ1) is 11.5. The lowest BCUT2D eigenvalue weighted by Gasteiger charge is -2.04. The molecule has 2 nitrogen and oxygen atoms in total. The Balaban J connectivity index is 2.75. The second-order valence-electron chi connectivity index (χ2n) is 2.87. The van der Waals surface area contributed by atoms with Gasteiger partial charge in [-0.2, -0.15) is 0 Å². The van der Waals surface area contributed by atoms with Gasteiger partial charge in [-0.1, -0.05) is 27.5 Å². The number of carbonyl (C=O) groups excluding carboxylic acids is 1. The van der Waals surface area contributed by atoms with E-state index in [-0.39, 0.29) is 5.91 Å². The maximum absolute atomic E-state index is 11.3. The Labute approximate surface area is 96.8 Å². The monoisotopic (exact) mass is 275 g/mol. The average molecular weight is 277 g/mol. The number of halogens is 2. The van der Waals surface area contributed by atoms with Gasteiger partial charge in [-0.25, -0.2) is 0 Å². The van der Waals surface area contributed by atoms with E-state index < -0.39 is 0 Å². The van der Waals surface area contributed by atoms with Crippen molar-refractivity contribution < 1.29 is 4.79 Å². The van der Waals surface area contributed by atoms with Crippen LogP contribution >= 0.6 is 27.5 Å². The van der Waals surface area contributed by atoms with E-state index in [0.29, 0.717) is 18.0 Å². The van der Waals surface area contributed by atoms with Gasteiger partial charge in [0.05, 0.1) is 6.42 Å². The number of hydrogen-bond acceptors (Lipinski definition) is 1. The molecule has 0 aliphatic heterocycles. The Morgan fingerprint density at radius 3 is 2.93 bits per heavy atom. The number of rotatable bonds is 3. The van der Waals surface area contributed by atoms with Crippen LogP contribution in [0.3, 0.4) is 0 Å². The van der Waals surface area contributed by atoms with Crippen molar-refractivity contribution in [1.82, 2.24) is 5.32 Å². The van der Waals surface area contributed by atoms with Gasteiger partial charge < -0.3 is 5.32 Å². The minimum Gasteiger partial charge on any atom is -0.356 e. The first-order valence-corrected chi connectivity index (χ1v) is 5.51. The molecule has 1 N–H and O–H groups in total. The normalized spacial score (nSPS) is 9.93. The number of likely N-dealkylation sites (N-methyl/N-ethyl adjacent to an activating group) is 1. The predicted molar refractivity (Wildman–Crippen MR) is 61.5 cm³/mol. The second-order valence-corrected chi connectivity index (χ2v) is 4.19. The quantitative estimate of drug-likeness (QED) is 0.904. The van der Waals surface area contributed by atoms with Crippen LogP contribution in [0, 0.1) is 0 Å². The van der Waals surface area contributed by atoms with Crippen LogP contribution in [0.15, 0.2) is 22.7 Å². The van der Waals surface area contributed by atoms with E-state index in [1.165, 1.54) is 0 Å². The lowest BCUT2D eigenvalue weighted by Crippen LogP contribution is -2.24. The van der Waals surface area contributed by atoms with Crippen molar-refractivity contribution in [1.29, 1.82) is 0 Å². The van der Waals surface area contributed by atoms with Gasteiger partial charge in [0.25, 0.3) is 0 Å². The molecule has 0 bridgehead atoms. The number of amides is 1. The van der Waals surface area contributed by atoms with E-state index in [0.717, 1.165) is 10.0 Å². The average Bonchev–Trinajstić information content (AvgIpc) is 2.12. The summed E-state index contributed by atoms with van der Waals surface area (Å²) in [6.07, 6.45) is 0.326. The summed E-state index contributed by atoms with van der Waals surface area (Å²) in [5.74, 6) is -0.00694. The van der Waals surface area contributed by atoms with Crippen LogP contribution < -0.4 is 5.32 Å². The highest BCUT2D eigenvalue weighted by Gasteiger charge is 2.06. The zero-order chi connectivity index (χ0) is 10.6. The molecule has 1 amide bonds. The first-order valence-electron chi connectivity index (χ1n) is 4.34. The summed E-state index contributed by atoms with van der Waals surface area (Å²) >= 11 is 9.27. The van der Waals surface area contributed by atoms with E-state index in [1.807, 2.05) is 19.1 Å². The van der Waals surface area contributed by atoms with E-state index in [2.05, 4.69) is 21.2 Å². The molecule has 1 aromatic carbocycles. The van der Waals surface area contributed by atoms with Crippen molar-refractivity contribution in [3.05, 3.63) is 33.3 Å². The number of nitrogens with one attached hydrogen (secondary N) is 1. The largest absolute Gasteiger partial charge is 0.356 e. The highest BCUT2D eigenvalue weighted by molar-refractivity contribution is 9.10. The molecule has 1 rings (SSSR count). The van der Waals surface area contributed by atoms with Crippen LogP contribution in [-0.2, 0) is 11.2 Å². The smallest absolute Gasteiger partial charge is 0.224 e. The maximum atomic E-state index is 11.3. The fourth-order valence-corrected chi connectivity index (χ4v) is 1.70. The second kappa shape index (κ2) is 5.37. The van der Waals surface area contributed by atoms with Gasteiger partial charge in [0.15, 0.2) is 0 Å². The van der Waals surface area contributed by atoms with Crippen molar-refractivity contribution in [3.8, 4) is 0 Å². The number of benzene rings is 1. The molecule has 0 fully saturated rings. The Morgan fingerprint density at radius 1 is 1.57 bits per heavy atom. The van der Waals surface area contributed by atoms with Gasteiger partial charge in [0.1, 0.15) is 0 Å². The summed E-state index contributed by atoms with van der Waals surface area (Å²) in [6, 6.07) is 5.49. The Morgan fingerprint density at radius 2 is 2.29 bits per heavy atom. The number of hydrogen-bond donors (Lipinski definition) is 1. The van der Waals surface area contributed by atoms with Gasteiger partial charge >= 0.3 is 0 Å². The van der Waals surface area contributed by atoms with E-state index in [4.69, 9.17) is 11.6 Å². The molecule has 14 heavy (non-hydrogen) atoms. The number of carbonyl (C=O) groups is 1. The molecule has 0 heterocycles. The van der Waals surface area contributed by atoms with Gasteiger partial charge in [-0.3, -0.25) is 4.79 Å². The summed E-state index contributed by atoms with van der Waals surface area (Å²) in [6.45, 7) is 2.53. The zero-order valence-electron chi connectivity index (χ0n) is 7.81. The van der Waals surface area contributed by atoms with Crippen molar-refractivity contribution in [2.75, 3.05) is 6.54 Å². The van der Waals surface area contributed by atoms with Crippen LogP contribution in [0.2, 0.25) is 5.02 Å². The van der Waals surface area contributed by atoms with E-state index >= 15 is 0 Å². The van der Waals surface area contributed by atoms with Crippen LogP contribution in [0.1, 0.15) is 12.5 Å². The van der Waals surface area contributed by atoms with E-state index in [1.54, 1.807) is 6.07 Å². The third-order valence-corrected chi connectivity index (χ3v) is 2.59. The summed E-state index contributed by atoms with van der Waals surface area (Å²) in [5.41, 5.74) is 0.840. The molecule has 1 aromatic rings. The van der Waals surface area contributed by atoms with Gasteiger partial charge in [-0.05, 0) is 30.7 Å². The zero-order valence-corrected chi connectivity index (χ0v) is 10.2. The van der Waals surface area contributed by atoms with Gasteiger partial charge in [0.2, 0.25) is 5.91 Å². The highest BCUT2D eigenvalue weighted by atomic mass is 79.9. The predicted octanol–water partition coefficient (Wildman–Crippen LogP) is 2.78.